The molecule has 0 aromatic heterocycles. The Morgan fingerprint density at radius 2 is 1.29 bits per heavy atom. The zero-order chi connectivity index (χ0) is 40.5. The lowest BCUT2D eigenvalue weighted by atomic mass is 9.87. The van der Waals surface area contributed by atoms with Gasteiger partial charge in [-0.1, -0.05) is 102 Å². The number of ether oxygens (including phenoxy) is 1. The molecule has 2 aliphatic rings. The minimum absolute atomic E-state index is 0.0679. The summed E-state index contributed by atoms with van der Waals surface area (Å²) < 4.78 is 5.44. The zero-order valence-electron chi connectivity index (χ0n) is 34.9. The molecule has 1 aliphatic carbocycles. The van der Waals surface area contributed by atoms with Gasteiger partial charge in [-0.05, 0) is 87.3 Å². The van der Waals surface area contributed by atoms with Gasteiger partial charge in [0.05, 0.1) is 25.3 Å². The van der Waals surface area contributed by atoms with Crippen LogP contribution >= 0.6 is 0 Å². The molecule has 0 spiro atoms. The summed E-state index contributed by atoms with van der Waals surface area (Å²) in [5, 5.41) is 6.16. The third-order valence-corrected chi connectivity index (χ3v) is 11.5. The van der Waals surface area contributed by atoms with Gasteiger partial charge in [-0.15, -0.1) is 0 Å². The van der Waals surface area contributed by atoms with E-state index < -0.39 is 29.3 Å². The van der Waals surface area contributed by atoms with Crippen LogP contribution in [-0.2, 0) is 41.6 Å². The zero-order valence-corrected chi connectivity index (χ0v) is 34.9. The number of amides is 2. The van der Waals surface area contributed by atoms with Gasteiger partial charge >= 0.3 is 0 Å². The number of unbranched alkanes of at least 4 members (excludes halogenated alkanes) is 2. The molecule has 2 amide bonds. The number of hydrogen-bond donors (Lipinski definition) is 2. The van der Waals surface area contributed by atoms with Crippen LogP contribution in [0, 0.1) is 29.1 Å². The molecule has 2 fully saturated rings. The summed E-state index contributed by atoms with van der Waals surface area (Å²) in [6.45, 7) is 14.5. The molecule has 308 valence electrons. The second-order valence-electron chi connectivity index (χ2n) is 17.6. The Balaban J connectivity index is 1.45. The lowest BCUT2D eigenvalue weighted by Crippen LogP contribution is -2.49. The number of morpholine rings is 1. The van der Waals surface area contributed by atoms with Gasteiger partial charge in [-0.25, -0.2) is 0 Å². The van der Waals surface area contributed by atoms with Gasteiger partial charge < -0.3 is 15.4 Å². The number of carbonyl (C=O) groups is 5. The topological polar surface area (TPSA) is 122 Å². The molecule has 4 rings (SSSR count). The Labute approximate surface area is 336 Å². The highest BCUT2D eigenvalue weighted by atomic mass is 16.5. The average Bonchev–Trinajstić information content (AvgIpc) is 3.94. The monoisotopic (exact) mass is 772 g/mol. The summed E-state index contributed by atoms with van der Waals surface area (Å²) in [5.74, 6) is -1.66. The molecule has 0 unspecified atom stereocenters. The van der Waals surface area contributed by atoms with E-state index in [-0.39, 0.29) is 53.8 Å². The first-order valence-corrected chi connectivity index (χ1v) is 21.4. The summed E-state index contributed by atoms with van der Waals surface area (Å²) in [4.78, 5) is 71.8. The van der Waals surface area contributed by atoms with Crippen molar-refractivity contribution < 1.29 is 28.7 Å². The first-order valence-electron chi connectivity index (χ1n) is 21.4. The summed E-state index contributed by atoms with van der Waals surface area (Å²) in [6, 6.07) is 18.2. The predicted molar refractivity (Wildman–Crippen MR) is 222 cm³/mol. The van der Waals surface area contributed by atoms with Crippen LogP contribution in [0.25, 0.3) is 0 Å². The fourth-order valence-corrected chi connectivity index (χ4v) is 7.77. The first-order chi connectivity index (χ1) is 26.8. The SMILES string of the molecule is CC(C)C[C@H](NC(=O)[C@H](CCc1ccccc1)CC(=O)CCCCCN1CCOCC1)C(=O)C[C@@H](Cc1ccccc1)C(=O)N[C@@H](CC(C)C)C(=O)C1(C)CC1. The van der Waals surface area contributed by atoms with Crippen molar-refractivity contribution in [2.45, 2.75) is 130 Å². The number of aryl methyl sites for hydroxylation is 1. The van der Waals surface area contributed by atoms with Crippen LogP contribution in [0.1, 0.15) is 116 Å². The highest BCUT2D eigenvalue weighted by molar-refractivity contribution is 5.97. The molecule has 2 N–H and O–H groups in total. The molecule has 4 atom stereocenters. The molecular formula is C47H69N3O6. The third kappa shape index (κ3) is 15.7. The molecule has 9 nitrogen and oxygen atoms in total. The van der Waals surface area contributed by atoms with Crippen LogP contribution in [0.3, 0.4) is 0 Å². The molecule has 1 aliphatic heterocycles. The van der Waals surface area contributed by atoms with Crippen LogP contribution < -0.4 is 10.6 Å². The number of benzene rings is 2. The smallest absolute Gasteiger partial charge is 0.224 e. The largest absolute Gasteiger partial charge is 0.379 e. The van der Waals surface area contributed by atoms with Gasteiger partial charge in [-0.3, -0.25) is 28.9 Å². The molecule has 1 heterocycles. The fourth-order valence-electron chi connectivity index (χ4n) is 7.77. The lowest BCUT2D eigenvalue weighted by molar-refractivity contribution is -0.135. The fraction of sp³-hybridized carbons (Fsp3) is 0.638. The standard InChI is InChI=1S/C47H69N3O6/c1-34(2)29-41(43(52)33-39(31-37-17-11-7-12-18-37)46(55)49-42(30-35(3)4)44(53)47(5)22-23-47)48-45(54)38(21-20-36-15-9-6-10-16-36)32-40(51)19-13-8-14-24-50-25-27-56-28-26-50/h6-7,9-12,15-18,34-35,38-39,41-42H,8,13-14,19-33H2,1-5H3,(H,48,54)(H,49,55)/t38-,39-,41+,42+/m1/s1. The molecule has 2 aromatic carbocycles. The normalized spacial score (nSPS) is 17.5. The first kappa shape index (κ1) is 45.0. The van der Waals surface area contributed by atoms with E-state index in [1.807, 2.05) is 95.3 Å². The van der Waals surface area contributed by atoms with Crippen molar-refractivity contribution in [1.82, 2.24) is 15.5 Å². The van der Waals surface area contributed by atoms with Gasteiger partial charge in [0.2, 0.25) is 11.8 Å². The van der Waals surface area contributed by atoms with E-state index in [0.717, 1.165) is 76.1 Å². The number of nitrogens with zero attached hydrogens (tertiary/aromatic N) is 1. The van der Waals surface area contributed by atoms with Crippen molar-refractivity contribution in [2.24, 2.45) is 29.1 Å². The van der Waals surface area contributed by atoms with Crippen LogP contribution in [-0.4, -0.2) is 79.0 Å². The Morgan fingerprint density at radius 1 is 0.714 bits per heavy atom. The van der Waals surface area contributed by atoms with Crippen LogP contribution in [0.15, 0.2) is 60.7 Å². The number of ketones is 3. The van der Waals surface area contributed by atoms with E-state index in [4.69, 9.17) is 4.74 Å². The summed E-state index contributed by atoms with van der Waals surface area (Å²) in [6.07, 6.45) is 7.34. The molecular weight excluding hydrogens is 703 g/mol. The minimum atomic E-state index is -0.804. The second kappa shape index (κ2) is 22.9. The van der Waals surface area contributed by atoms with Crippen LogP contribution in [0.4, 0.5) is 0 Å². The maximum Gasteiger partial charge on any atom is 0.224 e. The molecule has 56 heavy (non-hydrogen) atoms. The molecule has 1 saturated heterocycles. The molecule has 9 heteroatoms. The Bertz CT molecular complexity index is 1530. The van der Waals surface area contributed by atoms with Crippen molar-refractivity contribution in [1.29, 1.82) is 0 Å². The van der Waals surface area contributed by atoms with Gasteiger partial charge in [0.25, 0.3) is 0 Å². The van der Waals surface area contributed by atoms with Gasteiger partial charge in [0.1, 0.15) is 5.78 Å². The number of nitrogens with one attached hydrogen (secondary N) is 2. The third-order valence-electron chi connectivity index (χ3n) is 11.5. The van der Waals surface area contributed by atoms with Crippen molar-refractivity contribution in [3.63, 3.8) is 0 Å². The summed E-state index contributed by atoms with van der Waals surface area (Å²) >= 11 is 0. The van der Waals surface area contributed by atoms with E-state index in [1.54, 1.807) is 0 Å². The highest BCUT2D eigenvalue weighted by Gasteiger charge is 2.48. The molecule has 2 aromatic rings. The molecule has 0 bridgehead atoms. The number of hydrogen-bond acceptors (Lipinski definition) is 7. The van der Waals surface area contributed by atoms with E-state index in [9.17, 15) is 24.0 Å². The van der Waals surface area contributed by atoms with Crippen molar-refractivity contribution in [3.05, 3.63) is 71.8 Å². The maximum absolute atomic E-state index is 14.3. The summed E-state index contributed by atoms with van der Waals surface area (Å²) in [7, 11) is 0. The number of Topliss-reactive ketones (excluding diaryl/α,β-unsaturated/α-hetero) is 3. The quantitative estimate of drug-likeness (QED) is 0.0961. The summed E-state index contributed by atoms with van der Waals surface area (Å²) in [5.41, 5.74) is 1.62. The van der Waals surface area contributed by atoms with Crippen LogP contribution in [0.5, 0.6) is 0 Å². The van der Waals surface area contributed by atoms with E-state index in [0.29, 0.717) is 38.5 Å². The number of carbonyl (C=O) groups excluding carboxylic acids is 5. The van der Waals surface area contributed by atoms with Gasteiger partial charge in [0.15, 0.2) is 11.6 Å². The maximum atomic E-state index is 14.3. The predicted octanol–water partition coefficient (Wildman–Crippen LogP) is 7.34. The Morgan fingerprint density at radius 3 is 1.89 bits per heavy atom. The van der Waals surface area contributed by atoms with E-state index in [1.165, 1.54) is 0 Å². The van der Waals surface area contributed by atoms with E-state index >= 15 is 0 Å². The Kier molecular flexibility index (Phi) is 18.4. The van der Waals surface area contributed by atoms with Crippen LogP contribution in [0.2, 0.25) is 0 Å². The van der Waals surface area contributed by atoms with Crippen molar-refractivity contribution in [2.75, 3.05) is 32.8 Å². The van der Waals surface area contributed by atoms with Gasteiger partial charge in [0, 0.05) is 49.6 Å². The average molecular weight is 772 g/mol. The van der Waals surface area contributed by atoms with Crippen molar-refractivity contribution >= 4 is 29.2 Å². The highest BCUT2D eigenvalue weighted by Crippen LogP contribution is 2.47. The lowest BCUT2D eigenvalue weighted by Gasteiger charge is -2.27. The van der Waals surface area contributed by atoms with E-state index in [2.05, 4.69) is 15.5 Å². The molecule has 0 radical (unpaired) electrons. The second-order valence-corrected chi connectivity index (χ2v) is 17.6. The van der Waals surface area contributed by atoms with Gasteiger partial charge in [-0.2, -0.15) is 0 Å². The number of rotatable bonds is 26. The molecule has 1 saturated carbocycles. The minimum Gasteiger partial charge on any atom is -0.379 e. The van der Waals surface area contributed by atoms with Crippen molar-refractivity contribution in [3.8, 4) is 0 Å². The Hall–Kier alpha value is -3.69.